The third kappa shape index (κ3) is 7.86. The van der Waals surface area contributed by atoms with Gasteiger partial charge < -0.3 is 39.7 Å². The number of benzene rings is 4. The Labute approximate surface area is 308 Å². The number of phenolic OH excluding ortho intramolecular Hbond substituents is 5. The van der Waals surface area contributed by atoms with Gasteiger partial charge in [-0.05, 0) is 93.8 Å². The first-order chi connectivity index (χ1) is 25.3. The van der Waals surface area contributed by atoms with Gasteiger partial charge in [0.05, 0.1) is 32.5 Å². The molecule has 10 nitrogen and oxygen atoms in total. The average Bonchev–Trinajstić information content (AvgIpc) is 3.12. The van der Waals surface area contributed by atoms with Crippen molar-refractivity contribution in [3.05, 3.63) is 123 Å². The number of allylic oxidation sites excluding steroid dienone is 5. The summed E-state index contributed by atoms with van der Waals surface area (Å²) < 4.78 is 16.5. The summed E-state index contributed by atoms with van der Waals surface area (Å²) >= 11 is 0. The maximum absolute atomic E-state index is 15.0. The maximum atomic E-state index is 15.0. The Kier molecular flexibility index (Phi) is 11.5. The molecule has 0 spiro atoms. The summed E-state index contributed by atoms with van der Waals surface area (Å²) in [6, 6.07) is 14.8. The summed E-state index contributed by atoms with van der Waals surface area (Å²) in [7, 11) is 4.43. The van der Waals surface area contributed by atoms with E-state index in [1.165, 1.54) is 75.9 Å². The fourth-order valence-electron chi connectivity index (χ4n) is 7.02. The van der Waals surface area contributed by atoms with E-state index in [0.29, 0.717) is 34.6 Å². The lowest BCUT2D eigenvalue weighted by atomic mass is 9.65. The van der Waals surface area contributed by atoms with Crippen LogP contribution in [0.4, 0.5) is 0 Å². The number of hydrogen-bond acceptors (Lipinski definition) is 10. The van der Waals surface area contributed by atoms with Crippen molar-refractivity contribution in [2.24, 2.45) is 5.92 Å². The molecule has 0 amide bonds. The average molecular weight is 721 g/mol. The van der Waals surface area contributed by atoms with Crippen LogP contribution in [0, 0.1) is 5.92 Å². The minimum Gasteiger partial charge on any atom is -0.508 e. The van der Waals surface area contributed by atoms with Gasteiger partial charge in [0.25, 0.3) is 0 Å². The summed E-state index contributed by atoms with van der Waals surface area (Å²) in [6.07, 6.45) is 7.08. The van der Waals surface area contributed by atoms with E-state index in [0.717, 1.165) is 11.1 Å². The molecule has 0 heterocycles. The molecule has 10 heteroatoms. The maximum Gasteiger partial charge on any atom is 0.189 e. The van der Waals surface area contributed by atoms with Crippen LogP contribution in [0.25, 0.3) is 6.08 Å². The number of phenols is 5. The highest BCUT2D eigenvalue weighted by atomic mass is 16.5. The lowest BCUT2D eigenvalue weighted by Gasteiger charge is -2.37. The van der Waals surface area contributed by atoms with Crippen LogP contribution < -0.4 is 14.2 Å². The number of rotatable bonds is 12. The molecular weight excluding hydrogens is 676 g/mol. The van der Waals surface area contributed by atoms with Gasteiger partial charge in [0.15, 0.2) is 11.6 Å². The lowest BCUT2D eigenvalue weighted by Crippen LogP contribution is -2.32. The Hall–Kier alpha value is -6.16. The van der Waals surface area contributed by atoms with Crippen LogP contribution in [-0.4, -0.2) is 58.4 Å². The molecule has 3 atom stereocenters. The van der Waals surface area contributed by atoms with E-state index in [1.54, 1.807) is 24.3 Å². The first kappa shape index (κ1) is 38.1. The third-order valence-electron chi connectivity index (χ3n) is 9.61. The number of aromatic hydroxyl groups is 5. The second-order valence-electron chi connectivity index (χ2n) is 13.3. The van der Waals surface area contributed by atoms with E-state index in [-0.39, 0.29) is 51.9 Å². The van der Waals surface area contributed by atoms with E-state index in [1.807, 2.05) is 26.8 Å². The summed E-state index contributed by atoms with van der Waals surface area (Å²) in [5, 5.41) is 55.2. The van der Waals surface area contributed by atoms with Crippen molar-refractivity contribution in [3.8, 4) is 46.0 Å². The van der Waals surface area contributed by atoms with E-state index < -0.39 is 35.1 Å². The number of ether oxygens (including phenoxy) is 3. The van der Waals surface area contributed by atoms with Gasteiger partial charge >= 0.3 is 0 Å². The molecule has 276 valence electrons. The first-order valence-corrected chi connectivity index (χ1v) is 17.0. The van der Waals surface area contributed by atoms with Gasteiger partial charge in [0, 0.05) is 46.6 Å². The van der Waals surface area contributed by atoms with Crippen LogP contribution in [0.1, 0.15) is 82.0 Å². The summed E-state index contributed by atoms with van der Waals surface area (Å²) in [6.45, 7) is 5.67. The van der Waals surface area contributed by atoms with Gasteiger partial charge in [-0.25, -0.2) is 0 Å². The Morgan fingerprint density at radius 1 is 0.811 bits per heavy atom. The van der Waals surface area contributed by atoms with E-state index in [4.69, 9.17) is 14.2 Å². The molecule has 5 N–H and O–H groups in total. The smallest absolute Gasteiger partial charge is 0.189 e. The van der Waals surface area contributed by atoms with Gasteiger partial charge in [-0.1, -0.05) is 29.4 Å². The minimum atomic E-state index is -1.08. The van der Waals surface area contributed by atoms with Gasteiger partial charge in [0.2, 0.25) is 0 Å². The fraction of sp³-hybridized carbons (Fsp3) is 0.256. The van der Waals surface area contributed by atoms with Gasteiger partial charge in [-0.2, -0.15) is 0 Å². The second kappa shape index (κ2) is 16.0. The first-order valence-electron chi connectivity index (χ1n) is 17.0. The molecule has 4 aromatic carbocycles. The number of Topliss-reactive ketones (excluding diaryl/α,β-unsaturated/α-hetero) is 1. The van der Waals surface area contributed by atoms with Crippen molar-refractivity contribution in [3.63, 3.8) is 0 Å². The molecule has 0 bridgehead atoms. The fourth-order valence-corrected chi connectivity index (χ4v) is 7.02. The van der Waals surface area contributed by atoms with Crippen LogP contribution in [0.3, 0.4) is 0 Å². The number of methoxy groups -OCH3 is 3. The zero-order valence-electron chi connectivity index (χ0n) is 30.5. The topological polar surface area (TPSA) is 163 Å². The summed E-state index contributed by atoms with van der Waals surface area (Å²) in [5.74, 6) is -3.94. The highest BCUT2D eigenvalue weighted by molar-refractivity contribution is 6.09. The normalized spacial score (nSPS) is 16.9. The second-order valence-corrected chi connectivity index (χ2v) is 13.3. The number of hydrogen-bond donors (Lipinski definition) is 5. The van der Waals surface area contributed by atoms with Crippen LogP contribution in [0.2, 0.25) is 0 Å². The molecular formula is C43H44O10. The van der Waals surface area contributed by atoms with Crippen molar-refractivity contribution in [2.75, 3.05) is 21.3 Å². The quantitative estimate of drug-likeness (QED) is 0.0546. The molecule has 0 radical (unpaired) electrons. The van der Waals surface area contributed by atoms with Gasteiger partial charge in [-0.3, -0.25) is 9.59 Å². The molecule has 0 saturated carbocycles. The molecule has 1 aliphatic carbocycles. The Bertz CT molecular complexity index is 2140. The molecule has 5 rings (SSSR count). The molecule has 0 aliphatic heterocycles. The van der Waals surface area contributed by atoms with Gasteiger partial charge in [-0.15, -0.1) is 0 Å². The highest BCUT2D eigenvalue weighted by Gasteiger charge is 2.44. The van der Waals surface area contributed by atoms with E-state index in [9.17, 15) is 30.3 Å². The van der Waals surface area contributed by atoms with Crippen LogP contribution in [-0.2, 0) is 6.42 Å². The van der Waals surface area contributed by atoms with Crippen molar-refractivity contribution in [2.45, 2.75) is 45.4 Å². The predicted molar refractivity (Wildman–Crippen MR) is 202 cm³/mol. The molecule has 4 aromatic rings. The van der Waals surface area contributed by atoms with E-state index >= 15 is 4.79 Å². The van der Waals surface area contributed by atoms with Crippen LogP contribution >= 0.6 is 0 Å². The van der Waals surface area contributed by atoms with Crippen molar-refractivity contribution >= 4 is 17.6 Å². The Morgan fingerprint density at radius 3 is 2.19 bits per heavy atom. The molecule has 1 aliphatic rings. The number of ketones is 2. The molecule has 0 fully saturated rings. The predicted octanol–water partition coefficient (Wildman–Crippen LogP) is 8.36. The van der Waals surface area contributed by atoms with Crippen molar-refractivity contribution < 1.29 is 49.3 Å². The van der Waals surface area contributed by atoms with Crippen LogP contribution in [0.15, 0.2) is 90.0 Å². The zero-order chi connectivity index (χ0) is 38.6. The van der Waals surface area contributed by atoms with E-state index in [2.05, 4.69) is 0 Å². The van der Waals surface area contributed by atoms with Crippen molar-refractivity contribution in [1.82, 2.24) is 0 Å². The molecule has 0 aromatic heterocycles. The number of carbonyl (C=O) groups is 2. The Morgan fingerprint density at radius 2 is 1.53 bits per heavy atom. The minimum absolute atomic E-state index is 0.0468. The monoisotopic (exact) mass is 720 g/mol. The van der Waals surface area contributed by atoms with Crippen molar-refractivity contribution in [1.29, 1.82) is 0 Å². The highest BCUT2D eigenvalue weighted by Crippen LogP contribution is 2.53. The Balaban J connectivity index is 1.68. The third-order valence-corrected chi connectivity index (χ3v) is 9.61. The standard InChI is InChI=1S/C43H44O10/c1-23(2)7-12-30-35(46)17-15-31(43(30)53-6)42(50)39-32(28-13-10-26(44)21-37(28)48)19-24(3)20-33(39)40-36(47)18-14-29(41(40)49)34(45)16-9-25-8-11-27(51-4)22-38(25)52-5/h7-11,13-18,20-22,32-33,39,44,46-49H,12,19H2,1-6H3/t32-,33+,39-/m1/s1. The molecule has 0 saturated heterocycles. The van der Waals surface area contributed by atoms with Crippen LogP contribution in [0.5, 0.6) is 46.0 Å². The lowest BCUT2D eigenvalue weighted by molar-refractivity contribution is 0.0876. The summed E-state index contributed by atoms with van der Waals surface area (Å²) in [4.78, 5) is 28.7. The van der Waals surface area contributed by atoms with Gasteiger partial charge in [0.1, 0.15) is 46.0 Å². The zero-order valence-corrected chi connectivity index (χ0v) is 30.5. The SMILES string of the molecule is COc1ccc(C=CC(=O)c2ccc(O)c([C@H]3C=C(C)C[C@H](c4ccc(O)cc4O)[C@H]3C(=O)c3ccc(O)c(CC=C(C)C)c3OC)c2O)c(OC)c1. The summed E-state index contributed by atoms with van der Waals surface area (Å²) in [5.41, 5.74) is 3.13. The molecule has 53 heavy (non-hydrogen) atoms. The largest absolute Gasteiger partial charge is 0.508 e. The number of carbonyl (C=O) groups excluding carboxylic acids is 2. The molecule has 0 unspecified atom stereocenters.